The molecule has 0 heterocycles. The lowest BCUT2D eigenvalue weighted by molar-refractivity contribution is 0.0657. The van der Waals surface area contributed by atoms with Crippen molar-refractivity contribution in [2.75, 3.05) is 33.4 Å². The van der Waals surface area contributed by atoms with E-state index in [1.807, 2.05) is 7.11 Å². The van der Waals surface area contributed by atoms with Crippen molar-refractivity contribution < 1.29 is 4.74 Å². The SMILES string of the molecule is COCC(CNCC(C)C)N(CC1CC1)C(C)C. The Morgan fingerprint density at radius 2 is 1.83 bits per heavy atom. The molecule has 0 aliphatic heterocycles. The Morgan fingerprint density at radius 3 is 2.28 bits per heavy atom. The van der Waals surface area contributed by atoms with Crippen LogP contribution >= 0.6 is 0 Å². The number of methoxy groups -OCH3 is 1. The monoisotopic (exact) mass is 256 g/mol. The van der Waals surface area contributed by atoms with Crippen molar-refractivity contribution in [2.24, 2.45) is 11.8 Å². The molecule has 0 bridgehead atoms. The smallest absolute Gasteiger partial charge is 0.0630 e. The summed E-state index contributed by atoms with van der Waals surface area (Å²) in [5.74, 6) is 1.65. The molecule has 3 nitrogen and oxygen atoms in total. The highest BCUT2D eigenvalue weighted by atomic mass is 16.5. The third-order valence-electron chi connectivity index (χ3n) is 3.59. The lowest BCUT2D eigenvalue weighted by atomic mass is 10.1. The molecule has 1 fully saturated rings. The Labute approximate surface area is 113 Å². The van der Waals surface area contributed by atoms with Crippen LogP contribution in [0.3, 0.4) is 0 Å². The Morgan fingerprint density at radius 1 is 1.17 bits per heavy atom. The molecule has 0 saturated heterocycles. The Hall–Kier alpha value is -0.120. The standard InChI is InChI=1S/C15H32N2O/c1-12(2)8-16-9-15(11-18-5)17(13(3)4)10-14-6-7-14/h12-16H,6-11H2,1-5H3. The van der Waals surface area contributed by atoms with Gasteiger partial charge < -0.3 is 10.1 Å². The van der Waals surface area contributed by atoms with Gasteiger partial charge in [0, 0.05) is 32.3 Å². The predicted octanol–water partition coefficient (Wildman–Crippen LogP) is 2.37. The minimum Gasteiger partial charge on any atom is -0.383 e. The van der Waals surface area contributed by atoms with Gasteiger partial charge in [-0.1, -0.05) is 13.8 Å². The third-order valence-corrected chi connectivity index (χ3v) is 3.59. The van der Waals surface area contributed by atoms with Gasteiger partial charge in [0.15, 0.2) is 0 Å². The van der Waals surface area contributed by atoms with E-state index in [9.17, 15) is 0 Å². The highest BCUT2D eigenvalue weighted by molar-refractivity contribution is 4.84. The van der Waals surface area contributed by atoms with Gasteiger partial charge in [-0.15, -0.1) is 0 Å². The molecule has 0 radical (unpaired) electrons. The normalized spacial score (nSPS) is 18.0. The molecule has 1 aliphatic carbocycles. The van der Waals surface area contributed by atoms with Gasteiger partial charge in [0.25, 0.3) is 0 Å². The maximum atomic E-state index is 5.41. The number of nitrogens with zero attached hydrogens (tertiary/aromatic N) is 1. The summed E-state index contributed by atoms with van der Waals surface area (Å²) >= 11 is 0. The molecule has 1 aliphatic rings. The van der Waals surface area contributed by atoms with Crippen LogP contribution in [0, 0.1) is 11.8 Å². The minimum atomic E-state index is 0.509. The van der Waals surface area contributed by atoms with E-state index in [-0.39, 0.29) is 0 Å². The zero-order valence-electron chi connectivity index (χ0n) is 12.9. The summed E-state index contributed by atoms with van der Waals surface area (Å²) in [4.78, 5) is 2.62. The van der Waals surface area contributed by atoms with Crippen molar-refractivity contribution in [3.05, 3.63) is 0 Å². The second-order valence-corrected chi connectivity index (χ2v) is 6.40. The molecule has 1 saturated carbocycles. The van der Waals surface area contributed by atoms with Crippen LogP contribution in [0.25, 0.3) is 0 Å². The van der Waals surface area contributed by atoms with E-state index in [1.54, 1.807) is 0 Å². The lowest BCUT2D eigenvalue weighted by Crippen LogP contribution is -2.49. The molecule has 1 rings (SSSR count). The van der Waals surface area contributed by atoms with Crippen molar-refractivity contribution >= 4 is 0 Å². The average molecular weight is 256 g/mol. The van der Waals surface area contributed by atoms with Gasteiger partial charge in [-0.25, -0.2) is 0 Å². The molecule has 0 amide bonds. The number of ether oxygens (including phenoxy) is 1. The van der Waals surface area contributed by atoms with Crippen molar-refractivity contribution in [2.45, 2.75) is 52.6 Å². The van der Waals surface area contributed by atoms with Crippen LogP contribution in [-0.4, -0.2) is 50.3 Å². The molecule has 0 spiro atoms. The predicted molar refractivity (Wildman–Crippen MR) is 77.9 cm³/mol. The number of nitrogens with one attached hydrogen (secondary N) is 1. The molecule has 3 heteroatoms. The molecule has 1 atom stereocenters. The van der Waals surface area contributed by atoms with E-state index in [0.29, 0.717) is 18.0 Å². The van der Waals surface area contributed by atoms with Gasteiger partial charge >= 0.3 is 0 Å². The van der Waals surface area contributed by atoms with Gasteiger partial charge in [-0.2, -0.15) is 0 Å². The summed E-state index contributed by atoms with van der Waals surface area (Å²) in [6.07, 6.45) is 2.84. The van der Waals surface area contributed by atoms with Gasteiger partial charge in [0.2, 0.25) is 0 Å². The fraction of sp³-hybridized carbons (Fsp3) is 1.00. The van der Waals surface area contributed by atoms with E-state index in [2.05, 4.69) is 37.9 Å². The van der Waals surface area contributed by atoms with E-state index < -0.39 is 0 Å². The number of hydrogen-bond acceptors (Lipinski definition) is 3. The highest BCUT2D eigenvalue weighted by Crippen LogP contribution is 2.31. The van der Waals surface area contributed by atoms with Crippen molar-refractivity contribution in [1.29, 1.82) is 0 Å². The van der Waals surface area contributed by atoms with Crippen LogP contribution in [-0.2, 0) is 4.74 Å². The number of rotatable bonds is 10. The molecule has 1 N–H and O–H groups in total. The maximum Gasteiger partial charge on any atom is 0.0630 e. The van der Waals surface area contributed by atoms with Crippen LogP contribution in [0.4, 0.5) is 0 Å². The molecule has 0 aromatic heterocycles. The first kappa shape index (κ1) is 15.9. The van der Waals surface area contributed by atoms with Crippen LogP contribution in [0.15, 0.2) is 0 Å². The molecule has 0 aromatic carbocycles. The van der Waals surface area contributed by atoms with E-state index in [0.717, 1.165) is 25.6 Å². The summed E-state index contributed by atoms with van der Waals surface area (Å²) in [6, 6.07) is 1.11. The molecular formula is C15H32N2O. The average Bonchev–Trinajstić information content (AvgIpc) is 3.08. The lowest BCUT2D eigenvalue weighted by Gasteiger charge is -2.35. The summed E-state index contributed by atoms with van der Waals surface area (Å²) in [6.45, 7) is 13.3. The molecule has 0 aromatic rings. The first-order valence-electron chi connectivity index (χ1n) is 7.50. The van der Waals surface area contributed by atoms with Gasteiger partial charge in [0.1, 0.15) is 0 Å². The van der Waals surface area contributed by atoms with Crippen molar-refractivity contribution in [3.8, 4) is 0 Å². The second kappa shape index (κ2) is 8.13. The van der Waals surface area contributed by atoms with Crippen LogP contribution in [0.2, 0.25) is 0 Å². The first-order chi connectivity index (χ1) is 8.54. The molecule has 18 heavy (non-hydrogen) atoms. The largest absolute Gasteiger partial charge is 0.383 e. The second-order valence-electron chi connectivity index (χ2n) is 6.40. The van der Waals surface area contributed by atoms with Gasteiger partial charge in [-0.3, -0.25) is 4.90 Å². The van der Waals surface area contributed by atoms with Gasteiger partial charge in [-0.05, 0) is 45.1 Å². The summed E-state index contributed by atoms with van der Waals surface area (Å²) in [7, 11) is 1.81. The van der Waals surface area contributed by atoms with Crippen LogP contribution in [0.5, 0.6) is 0 Å². The first-order valence-corrected chi connectivity index (χ1v) is 7.50. The molecule has 1 unspecified atom stereocenters. The van der Waals surface area contributed by atoms with Crippen LogP contribution in [0.1, 0.15) is 40.5 Å². The summed E-state index contributed by atoms with van der Waals surface area (Å²) < 4.78 is 5.41. The van der Waals surface area contributed by atoms with E-state index in [4.69, 9.17) is 4.74 Å². The molecule has 108 valence electrons. The quantitative estimate of drug-likeness (QED) is 0.649. The zero-order chi connectivity index (χ0) is 13.5. The van der Waals surface area contributed by atoms with Crippen molar-refractivity contribution in [1.82, 2.24) is 10.2 Å². The third kappa shape index (κ3) is 6.17. The zero-order valence-corrected chi connectivity index (χ0v) is 12.9. The number of hydrogen-bond donors (Lipinski definition) is 1. The summed E-state index contributed by atoms with van der Waals surface area (Å²) in [5, 5.41) is 3.58. The Bertz CT molecular complexity index is 215. The Balaban J connectivity index is 2.43. The van der Waals surface area contributed by atoms with Gasteiger partial charge in [0.05, 0.1) is 6.61 Å². The van der Waals surface area contributed by atoms with Crippen molar-refractivity contribution in [3.63, 3.8) is 0 Å². The maximum absolute atomic E-state index is 5.41. The minimum absolute atomic E-state index is 0.509. The Kier molecular flexibility index (Phi) is 7.20. The van der Waals surface area contributed by atoms with E-state index in [1.165, 1.54) is 19.4 Å². The topological polar surface area (TPSA) is 24.5 Å². The fourth-order valence-electron chi connectivity index (χ4n) is 2.38. The molecular weight excluding hydrogens is 224 g/mol. The fourth-order valence-corrected chi connectivity index (χ4v) is 2.38. The van der Waals surface area contributed by atoms with E-state index >= 15 is 0 Å². The highest BCUT2D eigenvalue weighted by Gasteiger charge is 2.29. The van der Waals surface area contributed by atoms with Crippen LogP contribution < -0.4 is 5.32 Å². The summed E-state index contributed by atoms with van der Waals surface area (Å²) in [5.41, 5.74) is 0.